The first-order valence-corrected chi connectivity index (χ1v) is 16.0. The van der Waals surface area contributed by atoms with Crippen molar-refractivity contribution >= 4 is 23.7 Å². The standard InChI is InChI=1S/C35H47N3O7/c1-22(19-39)38-29-32(43)37(34(5,6)21-33(2,3)4)18-12-17-35(29)28(31(38)42)27-25(45-35)15-10-11-16-26(40)44-20-24(36-30(27)41)23-13-8-7-9-14-23/h7-10,12-15,17,22,24-25,27-29,39H,11,16,18-21H2,1-6H3,(H,36,41)/b15-10-/t22-,24-,25+,27-,28-,29+,35-/m1/s1. The van der Waals surface area contributed by atoms with Gasteiger partial charge in [-0.05, 0) is 44.6 Å². The van der Waals surface area contributed by atoms with Crippen LogP contribution >= 0.6 is 0 Å². The molecule has 5 rings (SSSR count). The van der Waals surface area contributed by atoms with E-state index in [0.29, 0.717) is 19.4 Å². The van der Waals surface area contributed by atoms with Gasteiger partial charge in [0.2, 0.25) is 17.7 Å². The number of hydrogen-bond donors (Lipinski definition) is 2. The van der Waals surface area contributed by atoms with Crippen molar-refractivity contribution in [1.82, 2.24) is 15.1 Å². The van der Waals surface area contributed by atoms with E-state index in [-0.39, 0.29) is 36.9 Å². The number of carbonyl (C=O) groups is 4. The summed E-state index contributed by atoms with van der Waals surface area (Å²) in [5.41, 5.74) is -1.31. The predicted molar refractivity (Wildman–Crippen MR) is 167 cm³/mol. The van der Waals surface area contributed by atoms with Crippen molar-refractivity contribution in [3.05, 3.63) is 60.2 Å². The van der Waals surface area contributed by atoms with Gasteiger partial charge in [0.1, 0.15) is 18.2 Å². The predicted octanol–water partition coefficient (Wildman–Crippen LogP) is 3.31. The van der Waals surface area contributed by atoms with Gasteiger partial charge in [-0.25, -0.2) is 0 Å². The molecule has 7 atom stereocenters. The summed E-state index contributed by atoms with van der Waals surface area (Å²) < 4.78 is 12.3. The lowest BCUT2D eigenvalue weighted by molar-refractivity contribution is -0.154. The van der Waals surface area contributed by atoms with E-state index in [1.165, 1.54) is 4.90 Å². The Hall–Kier alpha value is -3.50. The molecule has 10 nitrogen and oxygen atoms in total. The van der Waals surface area contributed by atoms with Gasteiger partial charge in [0, 0.05) is 18.5 Å². The molecule has 45 heavy (non-hydrogen) atoms. The van der Waals surface area contributed by atoms with Crippen molar-refractivity contribution in [3.8, 4) is 0 Å². The fourth-order valence-corrected chi connectivity index (χ4v) is 7.88. The number of esters is 1. The van der Waals surface area contributed by atoms with E-state index in [9.17, 15) is 24.3 Å². The number of allylic oxidation sites excluding steroid dienone is 1. The first-order valence-electron chi connectivity index (χ1n) is 16.0. The molecule has 3 amide bonds. The van der Waals surface area contributed by atoms with Crippen LogP contribution in [0.25, 0.3) is 0 Å². The zero-order chi connectivity index (χ0) is 32.7. The van der Waals surface area contributed by atoms with E-state index in [1.54, 1.807) is 24.0 Å². The van der Waals surface area contributed by atoms with Gasteiger partial charge in [0.05, 0.1) is 36.6 Å². The Labute approximate surface area is 265 Å². The van der Waals surface area contributed by atoms with E-state index >= 15 is 0 Å². The number of nitrogens with zero attached hydrogens (tertiary/aromatic N) is 2. The highest BCUT2D eigenvalue weighted by Gasteiger charge is 2.72. The molecule has 0 unspecified atom stereocenters. The Morgan fingerprint density at radius 3 is 2.42 bits per heavy atom. The van der Waals surface area contributed by atoms with Crippen molar-refractivity contribution in [2.75, 3.05) is 19.8 Å². The molecule has 1 aromatic rings. The van der Waals surface area contributed by atoms with Gasteiger partial charge in [0.15, 0.2) is 0 Å². The number of aliphatic hydroxyl groups is 1. The normalized spacial score (nSPS) is 32.4. The summed E-state index contributed by atoms with van der Waals surface area (Å²) in [6.07, 6.45) is 7.60. The van der Waals surface area contributed by atoms with E-state index in [1.807, 2.05) is 56.3 Å². The van der Waals surface area contributed by atoms with Gasteiger partial charge in [0.25, 0.3) is 0 Å². The molecule has 2 fully saturated rings. The quantitative estimate of drug-likeness (QED) is 0.382. The number of ether oxygens (including phenoxy) is 2. The molecular formula is C35H47N3O7. The highest BCUT2D eigenvalue weighted by molar-refractivity contribution is 6.00. The Bertz CT molecular complexity index is 1370. The number of likely N-dealkylation sites (tertiary alicyclic amines) is 1. The maximum atomic E-state index is 14.7. The van der Waals surface area contributed by atoms with E-state index in [0.717, 1.165) is 5.56 Å². The molecule has 0 aliphatic carbocycles. The minimum atomic E-state index is -1.43. The Morgan fingerprint density at radius 2 is 1.76 bits per heavy atom. The number of rotatable bonds is 5. The fourth-order valence-electron chi connectivity index (χ4n) is 7.88. The number of carbonyl (C=O) groups excluding carboxylic acids is 4. The van der Waals surface area contributed by atoms with Gasteiger partial charge in [-0.15, -0.1) is 0 Å². The van der Waals surface area contributed by atoms with Crippen molar-refractivity contribution < 1.29 is 33.8 Å². The lowest BCUT2D eigenvalue weighted by Crippen LogP contribution is -2.61. The van der Waals surface area contributed by atoms with Crippen molar-refractivity contribution in [1.29, 1.82) is 0 Å². The van der Waals surface area contributed by atoms with Crippen LogP contribution in [-0.4, -0.2) is 87.7 Å². The first kappa shape index (κ1) is 32.9. The van der Waals surface area contributed by atoms with E-state index < -0.39 is 59.0 Å². The van der Waals surface area contributed by atoms with Crippen molar-refractivity contribution in [2.45, 2.75) is 96.2 Å². The third-order valence-corrected chi connectivity index (χ3v) is 9.44. The molecule has 0 radical (unpaired) electrons. The molecule has 0 aromatic heterocycles. The smallest absolute Gasteiger partial charge is 0.306 e. The summed E-state index contributed by atoms with van der Waals surface area (Å²) in [5.74, 6) is -3.47. The van der Waals surface area contributed by atoms with Crippen LogP contribution in [0.5, 0.6) is 0 Å². The molecule has 4 aliphatic heterocycles. The van der Waals surface area contributed by atoms with Crippen LogP contribution in [0.4, 0.5) is 0 Å². The first-order chi connectivity index (χ1) is 21.2. The van der Waals surface area contributed by atoms with Crippen LogP contribution < -0.4 is 5.32 Å². The number of nitrogens with one attached hydrogen (secondary N) is 1. The molecule has 2 N–H and O–H groups in total. The van der Waals surface area contributed by atoms with E-state index in [2.05, 4.69) is 26.1 Å². The molecule has 0 bridgehead atoms. The number of fused-ring (bicyclic) bond motifs is 2. The highest BCUT2D eigenvalue weighted by atomic mass is 16.5. The summed E-state index contributed by atoms with van der Waals surface area (Å²) in [6.45, 7) is 12.1. The Kier molecular flexibility index (Phi) is 9.03. The minimum Gasteiger partial charge on any atom is -0.463 e. The zero-order valence-electron chi connectivity index (χ0n) is 27.2. The number of hydrogen-bond acceptors (Lipinski definition) is 7. The number of cyclic esters (lactones) is 1. The Balaban J connectivity index is 1.60. The minimum absolute atomic E-state index is 0.0627. The molecular weight excluding hydrogens is 574 g/mol. The average Bonchev–Trinajstić information content (AvgIpc) is 3.36. The fraction of sp³-hybridized carbons (Fsp3) is 0.600. The lowest BCUT2D eigenvalue weighted by Gasteiger charge is -2.45. The summed E-state index contributed by atoms with van der Waals surface area (Å²) >= 11 is 0. The van der Waals surface area contributed by atoms with Crippen LogP contribution in [0.2, 0.25) is 0 Å². The largest absolute Gasteiger partial charge is 0.463 e. The SMILES string of the molecule is C[C@H](CO)N1C(=O)[C@H]2[C@@H]3C(=O)N[C@@H](c4ccccc4)COC(=O)CC/C=C\[C@@H]3O[C@]23C=CCN(C(C)(C)CC(C)(C)C)C(=O)[C@H]13. The summed E-state index contributed by atoms with van der Waals surface area (Å²) in [7, 11) is 0. The molecule has 4 aliphatic rings. The molecule has 244 valence electrons. The second kappa shape index (κ2) is 12.4. The summed E-state index contributed by atoms with van der Waals surface area (Å²) in [6, 6.07) is 6.82. The third kappa shape index (κ3) is 6.19. The highest BCUT2D eigenvalue weighted by Crippen LogP contribution is 2.54. The maximum absolute atomic E-state index is 14.7. The molecule has 4 heterocycles. The van der Waals surface area contributed by atoms with Gasteiger partial charge in [-0.1, -0.05) is 75.4 Å². The monoisotopic (exact) mass is 621 g/mol. The number of benzene rings is 1. The van der Waals surface area contributed by atoms with Crippen LogP contribution in [0.3, 0.4) is 0 Å². The van der Waals surface area contributed by atoms with Gasteiger partial charge >= 0.3 is 5.97 Å². The van der Waals surface area contributed by atoms with Crippen LogP contribution in [-0.2, 0) is 28.7 Å². The molecule has 10 heteroatoms. The molecule has 2 saturated heterocycles. The van der Waals surface area contributed by atoms with Gasteiger partial charge in [-0.2, -0.15) is 0 Å². The van der Waals surface area contributed by atoms with Crippen molar-refractivity contribution in [2.24, 2.45) is 17.3 Å². The molecule has 1 aromatic carbocycles. The van der Waals surface area contributed by atoms with Crippen LogP contribution in [0.1, 0.15) is 72.4 Å². The Morgan fingerprint density at radius 1 is 1.04 bits per heavy atom. The van der Waals surface area contributed by atoms with Crippen molar-refractivity contribution in [3.63, 3.8) is 0 Å². The van der Waals surface area contributed by atoms with Crippen LogP contribution in [0, 0.1) is 17.3 Å². The summed E-state index contributed by atoms with van der Waals surface area (Å²) in [4.78, 5) is 59.3. The zero-order valence-corrected chi connectivity index (χ0v) is 27.2. The van der Waals surface area contributed by atoms with Gasteiger partial charge < -0.3 is 29.7 Å². The summed E-state index contributed by atoms with van der Waals surface area (Å²) in [5, 5.41) is 13.3. The topological polar surface area (TPSA) is 125 Å². The maximum Gasteiger partial charge on any atom is 0.306 e. The number of amides is 3. The third-order valence-electron chi connectivity index (χ3n) is 9.44. The second-order valence-electron chi connectivity index (χ2n) is 14.6. The van der Waals surface area contributed by atoms with E-state index in [4.69, 9.17) is 9.47 Å². The molecule has 0 saturated carbocycles. The van der Waals surface area contributed by atoms with Crippen LogP contribution in [0.15, 0.2) is 54.6 Å². The second-order valence-corrected chi connectivity index (χ2v) is 14.6. The number of aliphatic hydroxyl groups excluding tert-OH is 1. The average molecular weight is 622 g/mol. The lowest BCUT2D eigenvalue weighted by atomic mass is 9.77. The van der Waals surface area contributed by atoms with Gasteiger partial charge in [-0.3, -0.25) is 19.2 Å². The molecule has 1 spiro atoms.